The molecule has 0 bridgehead atoms. The number of pyridine rings is 1. The van der Waals surface area contributed by atoms with Crippen LogP contribution in [0, 0.1) is 5.92 Å². The first kappa shape index (κ1) is 21.4. The Bertz CT molecular complexity index is 1040. The van der Waals surface area contributed by atoms with E-state index < -0.39 is 29.5 Å². The van der Waals surface area contributed by atoms with Crippen molar-refractivity contribution < 1.29 is 23.8 Å². The van der Waals surface area contributed by atoms with Crippen molar-refractivity contribution in [3.63, 3.8) is 0 Å². The van der Waals surface area contributed by atoms with Gasteiger partial charge in [0, 0.05) is 12.4 Å². The van der Waals surface area contributed by atoms with Crippen molar-refractivity contribution in [2.75, 3.05) is 14.2 Å². The lowest BCUT2D eigenvalue weighted by atomic mass is 9.92. The molecule has 0 saturated heterocycles. The molecule has 2 atom stereocenters. The molecule has 0 N–H and O–H groups in total. The first-order valence-electron chi connectivity index (χ1n) is 9.62. The van der Waals surface area contributed by atoms with Crippen molar-refractivity contribution in [1.29, 1.82) is 0 Å². The Morgan fingerprint density at radius 2 is 1.70 bits per heavy atom. The Hall–Kier alpha value is -3.35. The van der Waals surface area contributed by atoms with Gasteiger partial charge in [-0.25, -0.2) is 4.98 Å². The molecule has 0 aliphatic rings. The number of hydrogen-bond acceptors (Lipinski definition) is 6. The van der Waals surface area contributed by atoms with Gasteiger partial charge in [-0.3, -0.25) is 9.59 Å². The number of aromatic nitrogens is 2. The van der Waals surface area contributed by atoms with Crippen molar-refractivity contribution in [2.45, 2.75) is 32.4 Å². The van der Waals surface area contributed by atoms with Crippen molar-refractivity contribution in [2.24, 2.45) is 5.92 Å². The van der Waals surface area contributed by atoms with E-state index in [0.29, 0.717) is 11.4 Å². The van der Waals surface area contributed by atoms with Crippen LogP contribution >= 0.6 is 0 Å². The highest BCUT2D eigenvalue weighted by atomic mass is 16.6. The average molecular weight is 410 g/mol. The quantitative estimate of drug-likeness (QED) is 0.455. The fourth-order valence-electron chi connectivity index (χ4n) is 3.45. The van der Waals surface area contributed by atoms with Crippen LogP contribution in [0.2, 0.25) is 0 Å². The first-order chi connectivity index (χ1) is 14.3. The fraction of sp³-hybridized carbons (Fsp3) is 0.348. The second-order valence-electron chi connectivity index (χ2n) is 7.86. The zero-order valence-corrected chi connectivity index (χ0v) is 17.8. The third-order valence-corrected chi connectivity index (χ3v) is 4.67. The van der Waals surface area contributed by atoms with Crippen molar-refractivity contribution in [1.82, 2.24) is 9.55 Å². The predicted octanol–water partition coefficient (Wildman–Crippen LogP) is 3.77. The molecule has 0 fully saturated rings. The average Bonchev–Trinajstić information content (AvgIpc) is 3.14. The van der Waals surface area contributed by atoms with Gasteiger partial charge in [0.2, 0.25) is 0 Å². The molecule has 2 aromatic heterocycles. The molecule has 2 heterocycles. The molecule has 1 aromatic carbocycles. The van der Waals surface area contributed by atoms with Crippen LogP contribution in [0.1, 0.15) is 32.4 Å². The number of methoxy groups -OCH3 is 2. The molecule has 0 amide bonds. The Kier molecular flexibility index (Phi) is 6.10. The lowest BCUT2D eigenvalue weighted by molar-refractivity contribution is -0.169. The van der Waals surface area contributed by atoms with E-state index in [1.165, 1.54) is 7.11 Å². The molecule has 0 spiro atoms. The molecule has 158 valence electrons. The molecule has 0 aliphatic carbocycles. The topological polar surface area (TPSA) is 79.7 Å². The van der Waals surface area contributed by atoms with Crippen LogP contribution in [0.25, 0.3) is 11.0 Å². The SMILES string of the molecule is COC(=O)[C@@H](C(=O)OC(C)(C)C)[C@H](c1ccccc1)n1ccc2c(OC)ccnc21. The molecule has 3 rings (SSSR count). The second-order valence-corrected chi connectivity index (χ2v) is 7.86. The molecule has 3 aromatic rings. The van der Waals surface area contributed by atoms with Gasteiger partial charge in [0.25, 0.3) is 0 Å². The summed E-state index contributed by atoms with van der Waals surface area (Å²) in [4.78, 5) is 30.5. The number of fused-ring (bicyclic) bond motifs is 1. The molecule has 0 aliphatic heterocycles. The summed E-state index contributed by atoms with van der Waals surface area (Å²) in [6.07, 6.45) is 3.42. The molecular formula is C23H26N2O5. The minimum atomic E-state index is -1.22. The van der Waals surface area contributed by atoms with Crippen LogP contribution < -0.4 is 4.74 Å². The summed E-state index contributed by atoms with van der Waals surface area (Å²) in [5, 5.41) is 0.772. The van der Waals surface area contributed by atoms with Crippen molar-refractivity contribution in [3.05, 3.63) is 60.4 Å². The molecule has 30 heavy (non-hydrogen) atoms. The van der Waals surface area contributed by atoms with Gasteiger partial charge in [-0.05, 0) is 38.5 Å². The maximum absolute atomic E-state index is 13.1. The highest BCUT2D eigenvalue weighted by Crippen LogP contribution is 2.35. The molecule has 7 nitrogen and oxygen atoms in total. The standard InChI is InChI=1S/C23H26N2O5/c1-23(2,3)30-22(27)18(21(26)29-5)19(15-9-7-6-8-10-15)25-14-12-16-17(28-4)11-13-24-20(16)25/h6-14,18-19H,1-5H3/t18-,19-/m0/s1. The highest BCUT2D eigenvalue weighted by Gasteiger charge is 2.41. The zero-order valence-electron chi connectivity index (χ0n) is 17.8. The Morgan fingerprint density at radius 3 is 2.30 bits per heavy atom. The van der Waals surface area contributed by atoms with Crippen LogP contribution in [0.3, 0.4) is 0 Å². The fourth-order valence-corrected chi connectivity index (χ4v) is 3.45. The van der Waals surface area contributed by atoms with Gasteiger partial charge >= 0.3 is 11.9 Å². The van der Waals surface area contributed by atoms with E-state index in [1.54, 1.807) is 50.9 Å². The summed E-state index contributed by atoms with van der Waals surface area (Å²) >= 11 is 0. The van der Waals surface area contributed by atoms with Gasteiger partial charge < -0.3 is 18.8 Å². The number of hydrogen-bond donors (Lipinski definition) is 0. The van der Waals surface area contributed by atoms with Crippen LogP contribution in [0.15, 0.2) is 54.9 Å². The molecule has 7 heteroatoms. The van der Waals surface area contributed by atoms with Crippen LogP contribution in [0.4, 0.5) is 0 Å². The van der Waals surface area contributed by atoms with Crippen LogP contribution in [-0.2, 0) is 19.1 Å². The van der Waals surface area contributed by atoms with E-state index in [1.807, 2.05) is 36.4 Å². The molecular weight excluding hydrogens is 384 g/mol. The Labute approximate surface area is 175 Å². The summed E-state index contributed by atoms with van der Waals surface area (Å²) in [6.45, 7) is 5.27. The summed E-state index contributed by atoms with van der Waals surface area (Å²) in [5.41, 5.74) is 0.576. The summed E-state index contributed by atoms with van der Waals surface area (Å²) in [5.74, 6) is -1.91. The molecule has 0 unspecified atom stereocenters. The number of carbonyl (C=O) groups is 2. The number of rotatable bonds is 6. The largest absolute Gasteiger partial charge is 0.496 e. The normalized spacial score (nSPS) is 13.5. The van der Waals surface area contributed by atoms with Gasteiger partial charge in [0.1, 0.15) is 17.0 Å². The summed E-state index contributed by atoms with van der Waals surface area (Å²) in [7, 11) is 2.84. The van der Waals surface area contributed by atoms with E-state index in [2.05, 4.69) is 4.98 Å². The van der Waals surface area contributed by atoms with E-state index in [0.717, 1.165) is 10.9 Å². The van der Waals surface area contributed by atoms with E-state index in [9.17, 15) is 9.59 Å². The maximum Gasteiger partial charge on any atom is 0.323 e. The lowest BCUT2D eigenvalue weighted by Crippen LogP contribution is -2.39. The number of carbonyl (C=O) groups excluding carboxylic acids is 2. The third kappa shape index (κ3) is 4.30. The second kappa shape index (κ2) is 8.57. The summed E-state index contributed by atoms with van der Waals surface area (Å²) in [6, 6.07) is 12.2. The number of ether oxygens (including phenoxy) is 3. The summed E-state index contributed by atoms with van der Waals surface area (Å²) < 4.78 is 17.8. The number of esters is 2. The van der Waals surface area contributed by atoms with Gasteiger partial charge in [-0.1, -0.05) is 30.3 Å². The minimum Gasteiger partial charge on any atom is -0.496 e. The van der Waals surface area contributed by atoms with Crippen molar-refractivity contribution >= 4 is 23.0 Å². The van der Waals surface area contributed by atoms with Crippen LogP contribution in [-0.4, -0.2) is 41.3 Å². The van der Waals surface area contributed by atoms with Gasteiger partial charge in [0.05, 0.1) is 25.6 Å². The minimum absolute atomic E-state index is 0.584. The number of nitrogens with zero attached hydrogens (tertiary/aromatic N) is 2. The highest BCUT2D eigenvalue weighted by molar-refractivity contribution is 5.96. The van der Waals surface area contributed by atoms with Crippen molar-refractivity contribution in [3.8, 4) is 5.75 Å². The van der Waals surface area contributed by atoms with Gasteiger partial charge in [0.15, 0.2) is 5.92 Å². The third-order valence-electron chi connectivity index (χ3n) is 4.67. The lowest BCUT2D eigenvalue weighted by Gasteiger charge is -2.29. The van der Waals surface area contributed by atoms with E-state index in [-0.39, 0.29) is 0 Å². The van der Waals surface area contributed by atoms with Crippen LogP contribution in [0.5, 0.6) is 5.75 Å². The monoisotopic (exact) mass is 410 g/mol. The maximum atomic E-state index is 13.1. The Morgan fingerprint density at radius 1 is 1.00 bits per heavy atom. The first-order valence-corrected chi connectivity index (χ1v) is 9.62. The van der Waals surface area contributed by atoms with Gasteiger partial charge in [-0.2, -0.15) is 0 Å². The number of benzene rings is 1. The van der Waals surface area contributed by atoms with E-state index >= 15 is 0 Å². The Balaban J connectivity index is 2.22. The predicted molar refractivity (Wildman–Crippen MR) is 112 cm³/mol. The van der Waals surface area contributed by atoms with Gasteiger partial charge in [-0.15, -0.1) is 0 Å². The molecule has 0 saturated carbocycles. The molecule has 0 radical (unpaired) electrons. The van der Waals surface area contributed by atoms with E-state index in [4.69, 9.17) is 14.2 Å². The zero-order chi connectivity index (χ0) is 21.9. The smallest absolute Gasteiger partial charge is 0.323 e.